The van der Waals surface area contributed by atoms with Crippen LogP contribution in [0.25, 0.3) is 10.8 Å². The van der Waals surface area contributed by atoms with E-state index in [4.69, 9.17) is 14.5 Å². The number of benzene rings is 3. The summed E-state index contributed by atoms with van der Waals surface area (Å²) in [6.45, 7) is 9.77. The fourth-order valence-electron chi connectivity index (χ4n) is 4.88. The number of fused-ring (bicyclic) bond motifs is 4. The third kappa shape index (κ3) is 2.49. The SMILES string of the molecule is C=CC(=O)OC1=Nc2c(ccc3ccc(C)cc23)OC12N(C)c1ccccc1C2(C)C. The van der Waals surface area contributed by atoms with E-state index in [0.717, 1.165) is 33.7 Å². The summed E-state index contributed by atoms with van der Waals surface area (Å²) in [7, 11) is 1.95. The van der Waals surface area contributed by atoms with Crippen LogP contribution < -0.4 is 9.64 Å². The first-order chi connectivity index (χ1) is 14.8. The van der Waals surface area contributed by atoms with Crippen molar-refractivity contribution in [3.05, 3.63) is 78.4 Å². The van der Waals surface area contributed by atoms with E-state index in [0.29, 0.717) is 11.4 Å². The van der Waals surface area contributed by atoms with Gasteiger partial charge >= 0.3 is 5.97 Å². The molecule has 0 aliphatic carbocycles. The summed E-state index contributed by atoms with van der Waals surface area (Å²) in [5.74, 6) is 0.300. The zero-order chi connectivity index (χ0) is 22.0. The summed E-state index contributed by atoms with van der Waals surface area (Å²) < 4.78 is 12.6. The van der Waals surface area contributed by atoms with Gasteiger partial charge in [-0.3, -0.25) is 0 Å². The first kappa shape index (κ1) is 19.4. The summed E-state index contributed by atoms with van der Waals surface area (Å²) >= 11 is 0. The minimum absolute atomic E-state index is 0.211. The molecular formula is C26H24N2O3. The number of esters is 1. The van der Waals surface area contributed by atoms with Gasteiger partial charge in [0.1, 0.15) is 11.4 Å². The van der Waals surface area contributed by atoms with Crippen LogP contribution in [0.3, 0.4) is 0 Å². The normalized spacial score (nSPS) is 20.6. The predicted octanol–water partition coefficient (Wildman–Crippen LogP) is 5.42. The van der Waals surface area contributed by atoms with Crippen molar-refractivity contribution in [2.45, 2.75) is 31.9 Å². The lowest BCUT2D eigenvalue weighted by atomic mass is 9.76. The summed E-state index contributed by atoms with van der Waals surface area (Å²) in [6.07, 6.45) is 1.15. The zero-order valence-electron chi connectivity index (χ0n) is 18.1. The van der Waals surface area contributed by atoms with Crippen molar-refractivity contribution in [3.63, 3.8) is 0 Å². The standard InChI is InChI=1S/C26H24N2O3/c1-6-22(29)30-24-26(25(3,4)19-9-7-8-10-20(19)28(26)5)31-21-14-13-17-12-11-16(2)15-18(17)23(21)27-24/h6-15H,1H2,2-5H3. The number of ether oxygens (including phenoxy) is 2. The summed E-state index contributed by atoms with van der Waals surface area (Å²) in [5, 5.41) is 2.00. The molecule has 5 rings (SSSR count). The largest absolute Gasteiger partial charge is 0.455 e. The Hall–Kier alpha value is -3.60. The van der Waals surface area contributed by atoms with Crippen LogP contribution in [0.4, 0.5) is 11.4 Å². The molecule has 1 unspecified atom stereocenters. The average Bonchev–Trinajstić information content (AvgIpc) is 2.93. The molecule has 5 nitrogen and oxygen atoms in total. The topological polar surface area (TPSA) is 51.1 Å². The highest BCUT2D eigenvalue weighted by Crippen LogP contribution is 2.56. The molecule has 31 heavy (non-hydrogen) atoms. The van der Waals surface area contributed by atoms with Crippen molar-refractivity contribution in [1.82, 2.24) is 0 Å². The molecule has 1 atom stereocenters. The molecule has 2 aliphatic rings. The van der Waals surface area contributed by atoms with Crippen molar-refractivity contribution in [1.29, 1.82) is 0 Å². The molecule has 0 N–H and O–H groups in total. The molecule has 0 saturated carbocycles. The van der Waals surface area contributed by atoms with Crippen molar-refractivity contribution in [2.75, 3.05) is 11.9 Å². The molecule has 3 aromatic rings. The molecule has 0 saturated heterocycles. The predicted molar refractivity (Wildman–Crippen MR) is 123 cm³/mol. The Labute approximate surface area is 181 Å². The smallest absolute Gasteiger partial charge is 0.336 e. The van der Waals surface area contributed by atoms with Crippen molar-refractivity contribution in [2.24, 2.45) is 4.99 Å². The van der Waals surface area contributed by atoms with Gasteiger partial charge in [0.2, 0.25) is 0 Å². The quantitative estimate of drug-likeness (QED) is 0.395. The lowest BCUT2D eigenvalue weighted by molar-refractivity contribution is -0.131. The first-order valence-corrected chi connectivity index (χ1v) is 10.3. The number of hydrogen-bond donors (Lipinski definition) is 0. The molecule has 2 aliphatic heterocycles. The van der Waals surface area contributed by atoms with Gasteiger partial charge in [0.25, 0.3) is 11.6 Å². The van der Waals surface area contributed by atoms with Crippen LogP contribution in [0.5, 0.6) is 5.75 Å². The maximum Gasteiger partial charge on any atom is 0.336 e. The van der Waals surface area contributed by atoms with E-state index in [9.17, 15) is 4.79 Å². The van der Waals surface area contributed by atoms with Crippen LogP contribution in [0.2, 0.25) is 0 Å². The zero-order valence-corrected chi connectivity index (χ0v) is 18.1. The molecule has 0 amide bonds. The Kier molecular flexibility index (Phi) is 4.03. The number of hydrogen-bond acceptors (Lipinski definition) is 5. The number of carbonyl (C=O) groups excluding carboxylic acids is 1. The Bertz CT molecular complexity index is 1290. The number of para-hydroxylation sites is 1. The first-order valence-electron chi connectivity index (χ1n) is 10.3. The third-order valence-corrected chi connectivity index (χ3v) is 6.49. The maximum atomic E-state index is 12.3. The molecule has 5 heteroatoms. The molecule has 2 heterocycles. The molecule has 0 bridgehead atoms. The second kappa shape index (κ2) is 6.45. The molecule has 1 spiro atoms. The Morgan fingerprint density at radius 3 is 2.65 bits per heavy atom. The van der Waals surface area contributed by atoms with E-state index in [1.165, 1.54) is 0 Å². The maximum absolute atomic E-state index is 12.3. The summed E-state index contributed by atoms with van der Waals surface area (Å²) in [6, 6.07) is 18.3. The Balaban J connectivity index is 1.80. The highest BCUT2D eigenvalue weighted by Gasteiger charge is 2.64. The van der Waals surface area contributed by atoms with E-state index in [-0.39, 0.29) is 5.90 Å². The number of carbonyl (C=O) groups is 1. The molecule has 156 valence electrons. The second-order valence-corrected chi connectivity index (χ2v) is 8.63. The molecule has 3 aromatic carbocycles. The summed E-state index contributed by atoms with van der Waals surface area (Å²) in [5.41, 5.74) is 2.21. The fraction of sp³-hybridized carbons (Fsp3) is 0.231. The molecule has 0 fully saturated rings. The lowest BCUT2D eigenvalue weighted by Crippen LogP contribution is -2.65. The minimum atomic E-state index is -1.13. The Morgan fingerprint density at radius 2 is 1.90 bits per heavy atom. The van der Waals surface area contributed by atoms with Crippen LogP contribution in [0.15, 0.2) is 72.2 Å². The van der Waals surface area contributed by atoms with Crippen LogP contribution >= 0.6 is 0 Å². The van der Waals surface area contributed by atoms with Gasteiger partial charge in [0.15, 0.2) is 0 Å². The number of anilines is 1. The van der Waals surface area contributed by atoms with Gasteiger partial charge in [0, 0.05) is 24.2 Å². The van der Waals surface area contributed by atoms with Crippen molar-refractivity contribution >= 4 is 34.0 Å². The van der Waals surface area contributed by atoms with E-state index in [2.05, 4.69) is 44.7 Å². The third-order valence-electron chi connectivity index (χ3n) is 6.49. The summed E-state index contributed by atoms with van der Waals surface area (Å²) in [4.78, 5) is 19.3. The number of aryl methyl sites for hydroxylation is 1. The molecule has 0 radical (unpaired) electrons. The monoisotopic (exact) mass is 412 g/mol. The highest BCUT2D eigenvalue weighted by molar-refractivity contribution is 6.07. The molecular weight excluding hydrogens is 388 g/mol. The van der Waals surface area contributed by atoms with Gasteiger partial charge in [-0.1, -0.05) is 48.5 Å². The van der Waals surface area contributed by atoms with E-state index < -0.39 is 17.1 Å². The van der Waals surface area contributed by atoms with Crippen LogP contribution in [0, 0.1) is 6.92 Å². The lowest BCUT2D eigenvalue weighted by Gasteiger charge is -2.46. The number of aliphatic imine (C=N–C) groups is 1. The number of rotatable bonds is 1. The van der Waals surface area contributed by atoms with Gasteiger partial charge in [-0.05, 0) is 49.9 Å². The van der Waals surface area contributed by atoms with E-state index >= 15 is 0 Å². The number of nitrogens with zero attached hydrogens (tertiary/aromatic N) is 2. The van der Waals surface area contributed by atoms with Crippen molar-refractivity contribution in [3.8, 4) is 5.75 Å². The van der Waals surface area contributed by atoms with Crippen LogP contribution in [-0.4, -0.2) is 24.6 Å². The van der Waals surface area contributed by atoms with Crippen molar-refractivity contribution < 1.29 is 14.3 Å². The van der Waals surface area contributed by atoms with Gasteiger partial charge in [0.05, 0.1) is 5.41 Å². The second-order valence-electron chi connectivity index (χ2n) is 8.63. The fourth-order valence-corrected chi connectivity index (χ4v) is 4.88. The van der Waals surface area contributed by atoms with E-state index in [1.54, 1.807) is 0 Å². The van der Waals surface area contributed by atoms with Gasteiger partial charge in [-0.15, -0.1) is 0 Å². The highest BCUT2D eigenvalue weighted by atomic mass is 16.6. The minimum Gasteiger partial charge on any atom is -0.455 e. The van der Waals surface area contributed by atoms with Gasteiger partial charge in [-0.25, -0.2) is 9.79 Å². The number of likely N-dealkylation sites (N-methyl/N-ethyl adjacent to an activating group) is 1. The van der Waals surface area contributed by atoms with Crippen LogP contribution in [0.1, 0.15) is 25.0 Å². The average molecular weight is 412 g/mol. The van der Waals surface area contributed by atoms with Gasteiger partial charge in [-0.2, -0.15) is 0 Å². The van der Waals surface area contributed by atoms with Crippen LogP contribution in [-0.2, 0) is 14.9 Å². The van der Waals surface area contributed by atoms with Gasteiger partial charge < -0.3 is 14.4 Å². The Morgan fingerprint density at radius 1 is 1.16 bits per heavy atom. The molecule has 0 aromatic heterocycles. The van der Waals surface area contributed by atoms with E-state index in [1.807, 2.05) is 49.2 Å².